The molecule has 2 N–H and O–H groups in total. The highest BCUT2D eigenvalue weighted by Crippen LogP contribution is 2.06. The van der Waals surface area contributed by atoms with Crippen molar-refractivity contribution in [3.8, 4) is 0 Å². The summed E-state index contributed by atoms with van der Waals surface area (Å²) in [6.07, 6.45) is -0.463. The molecular weight excluding hydrogens is 116 g/mol. The Morgan fingerprint density at radius 1 is 1.11 bits per heavy atom. The van der Waals surface area contributed by atoms with Crippen molar-refractivity contribution in [1.82, 2.24) is 0 Å². The maximum atomic E-state index is 9.05. The molecule has 0 amide bonds. The van der Waals surface area contributed by atoms with Crippen LogP contribution in [0.15, 0.2) is 0 Å². The zero-order chi connectivity index (χ0) is 7.44. The van der Waals surface area contributed by atoms with Gasteiger partial charge in [-0.25, -0.2) is 0 Å². The maximum Gasteiger partial charge on any atom is 0.0798 e. The zero-order valence-electron chi connectivity index (χ0n) is 6.33. The van der Waals surface area contributed by atoms with Crippen LogP contribution in [0.5, 0.6) is 0 Å². The molecule has 0 aromatic heterocycles. The van der Waals surface area contributed by atoms with E-state index < -0.39 is 12.2 Å². The Hall–Kier alpha value is -0.0800. The van der Waals surface area contributed by atoms with Crippen LogP contribution in [-0.4, -0.2) is 22.4 Å². The molecule has 56 valence electrons. The van der Waals surface area contributed by atoms with Crippen molar-refractivity contribution in [2.45, 2.75) is 39.4 Å². The van der Waals surface area contributed by atoms with Crippen LogP contribution in [0.3, 0.4) is 0 Å². The normalized spacial score (nSPS) is 18.0. The van der Waals surface area contributed by atoms with E-state index in [1.54, 1.807) is 6.92 Å². The van der Waals surface area contributed by atoms with Gasteiger partial charge in [0.15, 0.2) is 0 Å². The molecule has 0 rings (SSSR count). The molecule has 0 aromatic carbocycles. The van der Waals surface area contributed by atoms with Crippen LogP contribution in [0.2, 0.25) is 0 Å². The fourth-order valence-electron chi connectivity index (χ4n) is 0.680. The van der Waals surface area contributed by atoms with Crippen molar-refractivity contribution in [2.24, 2.45) is 5.92 Å². The van der Waals surface area contributed by atoms with Crippen LogP contribution in [0.1, 0.15) is 27.2 Å². The Kier molecular flexibility index (Phi) is 3.82. The molecule has 0 bridgehead atoms. The minimum absolute atomic E-state index is 0.453. The van der Waals surface area contributed by atoms with E-state index in [1.165, 1.54) is 0 Å². The first-order valence-corrected chi connectivity index (χ1v) is 3.40. The molecular formula is C7H16O2. The van der Waals surface area contributed by atoms with Crippen LogP contribution in [0, 0.1) is 5.92 Å². The topological polar surface area (TPSA) is 40.5 Å². The summed E-state index contributed by atoms with van der Waals surface area (Å²) in [7, 11) is 0. The number of hydrogen-bond acceptors (Lipinski definition) is 2. The van der Waals surface area contributed by atoms with Crippen molar-refractivity contribution in [3.63, 3.8) is 0 Å². The average Bonchev–Trinajstić information content (AvgIpc) is 1.63. The molecule has 0 aliphatic heterocycles. The predicted molar refractivity (Wildman–Crippen MR) is 37.1 cm³/mol. The third kappa shape index (κ3) is 4.43. The lowest BCUT2D eigenvalue weighted by Gasteiger charge is -2.14. The van der Waals surface area contributed by atoms with Crippen LogP contribution in [0.4, 0.5) is 0 Å². The number of aliphatic hydroxyl groups excluding tert-OH is 2. The van der Waals surface area contributed by atoms with Crippen molar-refractivity contribution >= 4 is 0 Å². The van der Waals surface area contributed by atoms with E-state index in [1.807, 2.05) is 13.8 Å². The number of rotatable bonds is 3. The molecule has 0 aliphatic carbocycles. The lowest BCUT2D eigenvalue weighted by molar-refractivity contribution is 0.0188. The predicted octanol–water partition coefficient (Wildman–Crippen LogP) is 0.774. The summed E-state index contributed by atoms with van der Waals surface area (Å²) in [6.45, 7) is 5.64. The molecule has 9 heavy (non-hydrogen) atoms. The van der Waals surface area contributed by atoms with Crippen LogP contribution < -0.4 is 0 Å². The Bertz CT molecular complexity index is 69.3. The quantitative estimate of drug-likeness (QED) is 0.595. The third-order valence-electron chi connectivity index (χ3n) is 1.27. The summed E-state index contributed by atoms with van der Waals surface area (Å²) >= 11 is 0. The first-order chi connectivity index (χ1) is 4.04. The highest BCUT2D eigenvalue weighted by molar-refractivity contribution is 4.63. The highest BCUT2D eigenvalue weighted by Gasteiger charge is 2.11. The van der Waals surface area contributed by atoms with Gasteiger partial charge >= 0.3 is 0 Å². The Balaban J connectivity index is 3.38. The first kappa shape index (κ1) is 8.92. The van der Waals surface area contributed by atoms with Crippen molar-refractivity contribution in [2.75, 3.05) is 0 Å². The van der Waals surface area contributed by atoms with E-state index >= 15 is 0 Å². The van der Waals surface area contributed by atoms with Crippen molar-refractivity contribution in [1.29, 1.82) is 0 Å². The minimum Gasteiger partial charge on any atom is -0.391 e. The summed E-state index contributed by atoms with van der Waals surface area (Å²) < 4.78 is 0. The summed E-state index contributed by atoms with van der Waals surface area (Å²) in [4.78, 5) is 0. The SMILES string of the molecule is CC(C)C[C@H](O)C(C)O. The second-order valence-electron chi connectivity index (χ2n) is 2.94. The molecule has 0 radical (unpaired) electrons. The van der Waals surface area contributed by atoms with Gasteiger partial charge in [-0.3, -0.25) is 0 Å². The van der Waals surface area contributed by atoms with E-state index in [0.717, 1.165) is 0 Å². The molecule has 0 saturated carbocycles. The number of hydrogen-bond donors (Lipinski definition) is 2. The van der Waals surface area contributed by atoms with Crippen LogP contribution in [0.25, 0.3) is 0 Å². The minimum atomic E-state index is -0.590. The number of aliphatic hydroxyl groups is 2. The molecule has 0 aromatic rings. The molecule has 0 saturated heterocycles. The summed E-state index contributed by atoms with van der Waals surface area (Å²) in [6, 6.07) is 0. The monoisotopic (exact) mass is 132 g/mol. The van der Waals surface area contributed by atoms with E-state index in [2.05, 4.69) is 0 Å². The molecule has 2 atom stereocenters. The Labute approximate surface area is 56.5 Å². The highest BCUT2D eigenvalue weighted by atomic mass is 16.3. The largest absolute Gasteiger partial charge is 0.391 e. The van der Waals surface area contributed by atoms with Gasteiger partial charge in [0.25, 0.3) is 0 Å². The van der Waals surface area contributed by atoms with Gasteiger partial charge in [0.2, 0.25) is 0 Å². The molecule has 0 aliphatic rings. The van der Waals surface area contributed by atoms with Gasteiger partial charge < -0.3 is 10.2 Å². The average molecular weight is 132 g/mol. The van der Waals surface area contributed by atoms with Crippen molar-refractivity contribution in [3.05, 3.63) is 0 Å². The summed E-state index contributed by atoms with van der Waals surface area (Å²) in [5, 5.41) is 17.9. The van der Waals surface area contributed by atoms with Gasteiger partial charge in [-0.05, 0) is 19.3 Å². The van der Waals surface area contributed by atoms with E-state index in [0.29, 0.717) is 12.3 Å². The first-order valence-electron chi connectivity index (χ1n) is 3.40. The summed E-state index contributed by atoms with van der Waals surface area (Å²) in [5.74, 6) is 0.453. The Morgan fingerprint density at radius 3 is 1.67 bits per heavy atom. The lowest BCUT2D eigenvalue weighted by atomic mass is 10.0. The van der Waals surface area contributed by atoms with Gasteiger partial charge in [-0.2, -0.15) is 0 Å². The lowest BCUT2D eigenvalue weighted by Crippen LogP contribution is -2.23. The molecule has 2 nitrogen and oxygen atoms in total. The van der Waals surface area contributed by atoms with Crippen molar-refractivity contribution < 1.29 is 10.2 Å². The molecule has 0 heterocycles. The second kappa shape index (κ2) is 3.85. The Morgan fingerprint density at radius 2 is 1.56 bits per heavy atom. The van der Waals surface area contributed by atoms with Gasteiger partial charge in [0.1, 0.15) is 0 Å². The van der Waals surface area contributed by atoms with Gasteiger partial charge in [-0.1, -0.05) is 13.8 Å². The van der Waals surface area contributed by atoms with Gasteiger partial charge in [0, 0.05) is 0 Å². The smallest absolute Gasteiger partial charge is 0.0798 e. The zero-order valence-corrected chi connectivity index (χ0v) is 6.33. The molecule has 0 fully saturated rings. The van der Waals surface area contributed by atoms with Crippen LogP contribution >= 0.6 is 0 Å². The van der Waals surface area contributed by atoms with Crippen LogP contribution in [-0.2, 0) is 0 Å². The maximum absolute atomic E-state index is 9.05. The molecule has 1 unspecified atom stereocenters. The standard InChI is InChI=1S/C7H16O2/c1-5(2)4-7(9)6(3)8/h5-9H,4H2,1-3H3/t6?,7-/m0/s1. The molecule has 0 spiro atoms. The fourth-order valence-corrected chi connectivity index (χ4v) is 0.680. The van der Waals surface area contributed by atoms with Gasteiger partial charge in [-0.15, -0.1) is 0 Å². The fraction of sp³-hybridized carbons (Fsp3) is 1.00. The van der Waals surface area contributed by atoms with E-state index in [-0.39, 0.29) is 0 Å². The van der Waals surface area contributed by atoms with Gasteiger partial charge in [0.05, 0.1) is 12.2 Å². The third-order valence-corrected chi connectivity index (χ3v) is 1.27. The summed E-state index contributed by atoms with van der Waals surface area (Å²) in [5.41, 5.74) is 0. The van der Waals surface area contributed by atoms with E-state index in [9.17, 15) is 0 Å². The molecule has 2 heteroatoms. The van der Waals surface area contributed by atoms with E-state index in [4.69, 9.17) is 10.2 Å². The second-order valence-corrected chi connectivity index (χ2v) is 2.94.